The molecule has 0 aliphatic rings. The van der Waals surface area contributed by atoms with Gasteiger partial charge in [0.05, 0.1) is 11.1 Å². The van der Waals surface area contributed by atoms with E-state index >= 15 is 0 Å². The van der Waals surface area contributed by atoms with Crippen LogP contribution in [0.5, 0.6) is 0 Å². The number of hydrogen-bond acceptors (Lipinski definition) is 6. The number of nitrogens with one attached hydrogen (secondary N) is 2. The Morgan fingerprint density at radius 1 is 0.650 bits per heavy atom. The zero-order valence-corrected chi connectivity index (χ0v) is 28.7. The Hall–Kier alpha value is -1.73. The number of amides is 1. The van der Waals surface area contributed by atoms with E-state index in [1.54, 1.807) is 7.05 Å². The molecule has 7 heteroatoms. The molecule has 0 aromatic rings. The molecule has 234 valence electrons. The predicted molar refractivity (Wildman–Crippen MR) is 168 cm³/mol. The van der Waals surface area contributed by atoms with Gasteiger partial charge in [-0.3, -0.25) is 14.9 Å². The summed E-state index contributed by atoms with van der Waals surface area (Å²) in [6, 6.07) is 0. The van der Waals surface area contributed by atoms with E-state index < -0.39 is 28.0 Å². The van der Waals surface area contributed by atoms with Crippen LogP contribution >= 0.6 is 0 Å². The first kappa shape index (κ1) is 38.3. The highest BCUT2D eigenvalue weighted by atomic mass is 16.6. The molecule has 0 aliphatic carbocycles. The molecule has 0 heterocycles. The van der Waals surface area contributed by atoms with E-state index in [4.69, 9.17) is 4.74 Å². The number of ether oxygens (including phenoxy) is 1. The average Bonchev–Trinajstić information content (AvgIpc) is 2.72. The molecule has 0 saturated carbocycles. The molecule has 0 aromatic carbocycles. The van der Waals surface area contributed by atoms with E-state index in [0.29, 0.717) is 0 Å². The average molecular weight is 566 g/mol. The number of nitrogens with zero attached hydrogens (tertiary/aromatic N) is 1. The summed E-state index contributed by atoms with van der Waals surface area (Å²) in [5, 5.41) is 7.00. The molecule has 2 atom stereocenters. The van der Waals surface area contributed by atoms with Gasteiger partial charge >= 0.3 is 6.09 Å². The van der Waals surface area contributed by atoms with Gasteiger partial charge in [0.1, 0.15) is 6.61 Å². The smallest absolute Gasteiger partial charge is 0.409 e. The van der Waals surface area contributed by atoms with Crippen LogP contribution in [0.2, 0.25) is 0 Å². The third-order valence-electron chi connectivity index (χ3n) is 6.55. The van der Waals surface area contributed by atoms with Crippen LogP contribution in [0, 0.1) is 10.8 Å². The molecule has 0 radical (unpaired) electrons. The molecular formula is C33H63N3O4. The van der Waals surface area contributed by atoms with Crippen molar-refractivity contribution in [1.82, 2.24) is 15.5 Å². The van der Waals surface area contributed by atoms with E-state index in [-0.39, 0.29) is 35.8 Å². The number of allylic oxidation sites excluding steroid dienone is 1. The van der Waals surface area contributed by atoms with Gasteiger partial charge in [0.25, 0.3) is 0 Å². The number of unbranched alkanes of at least 4 members (excludes halogenated alkanes) is 3. The van der Waals surface area contributed by atoms with Crippen LogP contribution in [0.1, 0.15) is 129 Å². The summed E-state index contributed by atoms with van der Waals surface area (Å²) < 4.78 is 5.44. The summed E-state index contributed by atoms with van der Waals surface area (Å²) in [5.74, 6) is 0.297. The molecule has 0 fully saturated rings. The Kier molecular flexibility index (Phi) is 13.8. The van der Waals surface area contributed by atoms with Crippen LogP contribution in [0.25, 0.3) is 0 Å². The second-order valence-corrected chi connectivity index (χ2v) is 16.1. The lowest BCUT2D eigenvalue weighted by Gasteiger charge is -2.41. The van der Waals surface area contributed by atoms with Crippen LogP contribution in [0.15, 0.2) is 12.2 Å². The molecule has 0 saturated heterocycles. The summed E-state index contributed by atoms with van der Waals surface area (Å²) in [4.78, 5) is 40.5. The Labute approximate surface area is 246 Å². The van der Waals surface area contributed by atoms with Gasteiger partial charge in [-0.25, -0.2) is 4.79 Å². The fourth-order valence-electron chi connectivity index (χ4n) is 5.58. The molecular weight excluding hydrogens is 502 g/mol. The number of carbonyl (C=O) groups excluding carboxylic acids is 3. The van der Waals surface area contributed by atoms with Crippen LogP contribution in [0.4, 0.5) is 4.79 Å². The van der Waals surface area contributed by atoms with Crippen molar-refractivity contribution >= 4 is 17.7 Å². The Morgan fingerprint density at radius 3 is 1.55 bits per heavy atom. The van der Waals surface area contributed by atoms with Crippen LogP contribution in [-0.4, -0.2) is 64.9 Å². The van der Waals surface area contributed by atoms with Gasteiger partial charge in [-0.1, -0.05) is 66.5 Å². The molecule has 40 heavy (non-hydrogen) atoms. The molecule has 7 nitrogen and oxygen atoms in total. The summed E-state index contributed by atoms with van der Waals surface area (Å²) in [6.07, 6.45) is 8.12. The van der Waals surface area contributed by atoms with E-state index in [2.05, 4.69) is 31.4 Å². The predicted octanol–water partition coefficient (Wildman–Crippen LogP) is 7.09. The van der Waals surface area contributed by atoms with E-state index in [1.807, 2.05) is 88.3 Å². The largest absolute Gasteiger partial charge is 0.445 e. The maximum atomic E-state index is 13.2. The van der Waals surface area contributed by atoms with Crippen LogP contribution in [0.3, 0.4) is 0 Å². The topological polar surface area (TPSA) is 87.7 Å². The normalized spacial score (nSPS) is 16.4. The van der Waals surface area contributed by atoms with Gasteiger partial charge in [0.15, 0.2) is 11.6 Å². The number of carbonyl (C=O) groups is 3. The maximum absolute atomic E-state index is 13.2. The summed E-state index contributed by atoms with van der Waals surface area (Å²) in [6.45, 7) is 28.3. The number of ketones is 2. The quantitative estimate of drug-likeness (QED) is 0.173. The van der Waals surface area contributed by atoms with Crippen molar-refractivity contribution in [3.05, 3.63) is 12.2 Å². The third kappa shape index (κ3) is 14.2. The second-order valence-electron chi connectivity index (χ2n) is 16.1. The molecule has 1 amide bonds. The molecule has 0 aromatic heterocycles. The van der Waals surface area contributed by atoms with Crippen molar-refractivity contribution in [2.75, 3.05) is 20.2 Å². The van der Waals surface area contributed by atoms with Crippen molar-refractivity contribution in [1.29, 1.82) is 0 Å². The minimum atomic E-state index is -0.907. The molecule has 2 N–H and O–H groups in total. The molecule has 0 aliphatic heterocycles. The fourth-order valence-corrected chi connectivity index (χ4v) is 5.58. The Bertz CT molecular complexity index is 868. The first-order valence-electron chi connectivity index (χ1n) is 14.9. The van der Waals surface area contributed by atoms with Crippen molar-refractivity contribution in [2.45, 2.75) is 151 Å². The monoisotopic (exact) mass is 565 g/mol. The minimum absolute atomic E-state index is 0.0479. The fraction of sp³-hybridized carbons (Fsp3) is 0.848. The van der Waals surface area contributed by atoms with Crippen molar-refractivity contribution in [3.63, 3.8) is 0 Å². The number of likely N-dealkylation sites (N-methyl/N-ethyl adjacent to an activating group) is 1. The zero-order valence-electron chi connectivity index (χ0n) is 28.7. The van der Waals surface area contributed by atoms with E-state index in [0.717, 1.165) is 32.1 Å². The summed E-state index contributed by atoms with van der Waals surface area (Å²) >= 11 is 0. The van der Waals surface area contributed by atoms with Crippen molar-refractivity contribution in [2.24, 2.45) is 10.8 Å². The number of rotatable bonds is 14. The lowest BCUT2D eigenvalue weighted by molar-refractivity contribution is -0.134. The first-order valence-corrected chi connectivity index (χ1v) is 14.9. The van der Waals surface area contributed by atoms with E-state index in [1.165, 1.54) is 4.90 Å². The van der Waals surface area contributed by atoms with Crippen molar-refractivity contribution in [3.8, 4) is 0 Å². The lowest BCUT2D eigenvalue weighted by Crippen LogP contribution is -2.64. The molecule has 0 unspecified atom stereocenters. The third-order valence-corrected chi connectivity index (χ3v) is 6.55. The van der Waals surface area contributed by atoms with Crippen LogP contribution in [-0.2, 0) is 14.3 Å². The first-order chi connectivity index (χ1) is 17.7. The second kappa shape index (κ2) is 14.4. The van der Waals surface area contributed by atoms with Gasteiger partial charge in [-0.2, -0.15) is 0 Å². The SMILES string of the molecule is CN(C[C@@](C)(NC(C)(C)C)C(=O)C(C)(C)C)C(=O)OC/C=C/CCCCC[C@](C)(NC(C)(C)C)C(=O)C(C)(C)C. The van der Waals surface area contributed by atoms with E-state index in [9.17, 15) is 14.4 Å². The number of hydrogen-bond donors (Lipinski definition) is 2. The van der Waals surface area contributed by atoms with Crippen molar-refractivity contribution < 1.29 is 19.1 Å². The summed E-state index contributed by atoms with van der Waals surface area (Å²) in [5.41, 5.74) is -2.85. The number of Topliss-reactive ketones (excluding diaryl/α,β-unsaturated/α-hetero) is 2. The Balaban J connectivity index is 4.77. The van der Waals surface area contributed by atoms with Gasteiger partial charge in [0.2, 0.25) is 0 Å². The highest BCUT2D eigenvalue weighted by molar-refractivity contribution is 5.93. The van der Waals surface area contributed by atoms with Gasteiger partial charge in [-0.05, 0) is 74.7 Å². The lowest BCUT2D eigenvalue weighted by atomic mass is 9.75. The zero-order chi connectivity index (χ0) is 31.8. The van der Waals surface area contributed by atoms with Gasteiger partial charge < -0.3 is 15.0 Å². The standard InChI is InChI=1S/C33H63N3O4/c1-28(2,3)25(37)32(13,34-30(7,8)9)22-20-18-16-17-19-21-23-40-27(39)36(15)24-33(14,35-31(10,11)12)26(38)29(4,5)6/h19,21,34-35H,16-18,20,22-24H2,1-15H3/b21-19+/t32-,33+/m0/s1. The van der Waals surface area contributed by atoms with Gasteiger partial charge in [0, 0.05) is 35.5 Å². The highest BCUT2D eigenvalue weighted by Crippen LogP contribution is 2.29. The van der Waals surface area contributed by atoms with Gasteiger partial charge in [-0.15, -0.1) is 0 Å². The molecule has 0 spiro atoms. The summed E-state index contributed by atoms with van der Waals surface area (Å²) in [7, 11) is 1.66. The molecule has 0 rings (SSSR count). The molecule has 0 bridgehead atoms. The van der Waals surface area contributed by atoms with Crippen LogP contribution < -0.4 is 10.6 Å². The Morgan fingerprint density at radius 2 is 1.10 bits per heavy atom. The highest BCUT2D eigenvalue weighted by Gasteiger charge is 2.44. The maximum Gasteiger partial charge on any atom is 0.409 e. The minimum Gasteiger partial charge on any atom is -0.445 e.